The van der Waals surface area contributed by atoms with E-state index in [9.17, 15) is 9.18 Å². The van der Waals surface area contributed by atoms with E-state index in [4.69, 9.17) is 13.6 Å². The molecule has 0 aliphatic carbocycles. The number of rotatable bonds is 5. The summed E-state index contributed by atoms with van der Waals surface area (Å²) >= 11 is 0. The fourth-order valence-electron chi connectivity index (χ4n) is 3.19. The highest BCUT2D eigenvalue weighted by atomic mass is 19.1. The molecule has 5 aromatic rings. The van der Waals surface area contributed by atoms with Crippen LogP contribution in [0.5, 0.6) is 5.75 Å². The number of hydrogen-bond acceptors (Lipinski definition) is 6. The third-order valence-corrected chi connectivity index (χ3v) is 4.47. The van der Waals surface area contributed by atoms with Gasteiger partial charge >= 0.3 is 5.63 Å². The molecule has 2 aromatic carbocycles. The number of ether oxygens (including phenoxy) is 1. The van der Waals surface area contributed by atoms with Crippen LogP contribution in [0.1, 0.15) is 11.3 Å². The van der Waals surface area contributed by atoms with Crippen LogP contribution in [0.15, 0.2) is 74.6 Å². The largest absolute Gasteiger partial charge is 0.480 e. The van der Waals surface area contributed by atoms with E-state index < -0.39 is 5.63 Å². The van der Waals surface area contributed by atoms with Gasteiger partial charge in [-0.3, -0.25) is 0 Å². The van der Waals surface area contributed by atoms with Gasteiger partial charge in [-0.05, 0) is 35.9 Å². The number of aromatic nitrogens is 3. The van der Waals surface area contributed by atoms with E-state index in [1.807, 2.05) is 18.2 Å². The molecule has 0 bridgehead atoms. The van der Waals surface area contributed by atoms with Gasteiger partial charge in [-0.1, -0.05) is 17.3 Å². The van der Waals surface area contributed by atoms with E-state index in [1.165, 1.54) is 18.2 Å². The first kappa shape index (κ1) is 17.2. The van der Waals surface area contributed by atoms with Crippen molar-refractivity contribution >= 4 is 21.9 Å². The van der Waals surface area contributed by atoms with Crippen LogP contribution in [0.2, 0.25) is 0 Å². The molecule has 8 heteroatoms. The number of halogens is 1. The molecule has 0 spiro atoms. The molecular formula is C21H14FN3O4. The van der Waals surface area contributed by atoms with Crippen LogP contribution in [0.4, 0.5) is 4.39 Å². The molecule has 0 fully saturated rings. The third-order valence-electron chi connectivity index (χ3n) is 4.47. The minimum absolute atomic E-state index is 0.0939. The van der Waals surface area contributed by atoms with E-state index in [0.29, 0.717) is 29.2 Å². The molecule has 144 valence electrons. The summed E-state index contributed by atoms with van der Waals surface area (Å²) in [6.07, 6.45) is 3.26. The lowest BCUT2D eigenvalue weighted by molar-refractivity contribution is 0.298. The van der Waals surface area contributed by atoms with Gasteiger partial charge in [0, 0.05) is 16.8 Å². The standard InChI is InChI=1S/C21H14FN3O4/c22-16-3-1-2-13(8-16)10-25-11-17(23-24-25)12-28-21-19-15(6-7-27-19)9-14-4-5-18(26)29-20(14)21/h1-9,11H,10,12H2. The molecule has 0 aliphatic rings. The maximum atomic E-state index is 13.3. The summed E-state index contributed by atoms with van der Waals surface area (Å²) in [5.41, 5.74) is 1.66. The Morgan fingerprint density at radius 2 is 1.97 bits per heavy atom. The molecule has 0 aliphatic heterocycles. The van der Waals surface area contributed by atoms with Crippen molar-refractivity contribution in [2.24, 2.45) is 0 Å². The molecule has 3 aromatic heterocycles. The van der Waals surface area contributed by atoms with E-state index in [-0.39, 0.29) is 12.4 Å². The summed E-state index contributed by atoms with van der Waals surface area (Å²) in [6, 6.07) is 13.0. The molecule has 3 heterocycles. The average Bonchev–Trinajstić information content (AvgIpc) is 3.35. The van der Waals surface area contributed by atoms with E-state index in [1.54, 1.807) is 29.3 Å². The van der Waals surface area contributed by atoms with Crippen molar-refractivity contribution in [3.63, 3.8) is 0 Å². The highest BCUT2D eigenvalue weighted by Gasteiger charge is 2.15. The SMILES string of the molecule is O=c1ccc2cc3ccoc3c(OCc3cn(Cc4cccc(F)c4)nn3)c2o1. The van der Waals surface area contributed by atoms with Crippen LogP contribution >= 0.6 is 0 Å². The van der Waals surface area contributed by atoms with Gasteiger partial charge in [0.2, 0.25) is 5.75 Å². The molecule has 0 saturated carbocycles. The van der Waals surface area contributed by atoms with Crippen LogP contribution in [-0.2, 0) is 13.2 Å². The fourth-order valence-corrected chi connectivity index (χ4v) is 3.19. The van der Waals surface area contributed by atoms with Crippen LogP contribution in [-0.4, -0.2) is 15.0 Å². The monoisotopic (exact) mass is 391 g/mol. The first-order valence-corrected chi connectivity index (χ1v) is 8.86. The number of nitrogens with zero attached hydrogens (tertiary/aromatic N) is 3. The Hall–Kier alpha value is -3.94. The number of furan rings is 1. The zero-order chi connectivity index (χ0) is 19.8. The van der Waals surface area contributed by atoms with Crippen LogP contribution in [0.3, 0.4) is 0 Å². The first-order valence-electron chi connectivity index (χ1n) is 8.86. The minimum Gasteiger partial charge on any atom is -0.480 e. The second-order valence-corrected chi connectivity index (χ2v) is 6.54. The lowest BCUT2D eigenvalue weighted by Crippen LogP contribution is -2.01. The van der Waals surface area contributed by atoms with Crippen LogP contribution < -0.4 is 10.4 Å². The molecule has 5 rings (SSSR count). The maximum Gasteiger partial charge on any atom is 0.336 e. The van der Waals surface area contributed by atoms with Gasteiger partial charge in [-0.2, -0.15) is 0 Å². The number of hydrogen-bond donors (Lipinski definition) is 0. The zero-order valence-electron chi connectivity index (χ0n) is 15.0. The molecular weight excluding hydrogens is 377 g/mol. The second kappa shape index (κ2) is 6.90. The van der Waals surface area contributed by atoms with Crippen LogP contribution in [0.25, 0.3) is 21.9 Å². The van der Waals surface area contributed by atoms with Gasteiger partial charge in [0.15, 0.2) is 11.2 Å². The molecule has 0 saturated heterocycles. The van der Waals surface area contributed by atoms with E-state index in [2.05, 4.69) is 10.3 Å². The summed E-state index contributed by atoms with van der Waals surface area (Å²) in [5.74, 6) is 0.0333. The van der Waals surface area contributed by atoms with Gasteiger partial charge in [0.25, 0.3) is 0 Å². The van der Waals surface area contributed by atoms with Gasteiger partial charge < -0.3 is 13.6 Å². The zero-order valence-corrected chi connectivity index (χ0v) is 15.0. The molecule has 29 heavy (non-hydrogen) atoms. The minimum atomic E-state index is -0.478. The van der Waals surface area contributed by atoms with Crippen molar-refractivity contribution in [3.05, 3.63) is 88.5 Å². The Kier molecular flexibility index (Phi) is 4.09. The van der Waals surface area contributed by atoms with Crippen molar-refractivity contribution < 1.29 is 18.0 Å². The molecule has 7 nitrogen and oxygen atoms in total. The van der Waals surface area contributed by atoms with Crippen molar-refractivity contribution in [3.8, 4) is 5.75 Å². The van der Waals surface area contributed by atoms with Gasteiger partial charge in [-0.25, -0.2) is 13.9 Å². The van der Waals surface area contributed by atoms with Crippen molar-refractivity contribution in [1.82, 2.24) is 15.0 Å². The summed E-state index contributed by atoms with van der Waals surface area (Å²) in [5, 5.41) is 9.69. The quantitative estimate of drug-likeness (QED) is 0.423. The Balaban J connectivity index is 1.42. The predicted octanol–water partition coefficient (Wildman–Crippen LogP) is 3.90. The molecule has 0 atom stereocenters. The predicted molar refractivity (Wildman–Crippen MR) is 102 cm³/mol. The smallest absolute Gasteiger partial charge is 0.336 e. The summed E-state index contributed by atoms with van der Waals surface area (Å²) in [4.78, 5) is 11.7. The second-order valence-electron chi connectivity index (χ2n) is 6.54. The molecule has 0 N–H and O–H groups in total. The average molecular weight is 391 g/mol. The molecule has 0 radical (unpaired) electrons. The van der Waals surface area contributed by atoms with Crippen LogP contribution in [0, 0.1) is 5.82 Å². The maximum absolute atomic E-state index is 13.3. The fraction of sp³-hybridized carbons (Fsp3) is 0.0952. The molecule has 0 amide bonds. The summed E-state index contributed by atoms with van der Waals surface area (Å²) < 4.78 is 31.7. The van der Waals surface area contributed by atoms with Gasteiger partial charge in [0.05, 0.1) is 19.0 Å². The Bertz CT molecular complexity index is 1390. The van der Waals surface area contributed by atoms with Gasteiger partial charge in [-0.15, -0.1) is 5.10 Å². The topological polar surface area (TPSA) is 83.3 Å². The summed E-state index contributed by atoms with van der Waals surface area (Å²) in [7, 11) is 0. The normalized spacial score (nSPS) is 11.3. The highest BCUT2D eigenvalue weighted by Crippen LogP contribution is 2.35. The Morgan fingerprint density at radius 3 is 2.86 bits per heavy atom. The van der Waals surface area contributed by atoms with Crippen molar-refractivity contribution in [2.75, 3.05) is 0 Å². The number of fused-ring (bicyclic) bond motifs is 2. The Morgan fingerprint density at radius 1 is 1.07 bits per heavy atom. The van der Waals surface area contributed by atoms with Crippen molar-refractivity contribution in [2.45, 2.75) is 13.2 Å². The third kappa shape index (κ3) is 3.36. The van der Waals surface area contributed by atoms with Crippen molar-refractivity contribution in [1.29, 1.82) is 0 Å². The van der Waals surface area contributed by atoms with E-state index >= 15 is 0 Å². The lowest BCUT2D eigenvalue weighted by atomic mass is 10.1. The Labute approximate surface area is 162 Å². The first-order chi connectivity index (χ1) is 14.2. The lowest BCUT2D eigenvalue weighted by Gasteiger charge is -2.07. The highest BCUT2D eigenvalue weighted by molar-refractivity contribution is 5.99. The van der Waals surface area contributed by atoms with E-state index in [0.717, 1.165) is 16.3 Å². The van der Waals surface area contributed by atoms with Gasteiger partial charge in [0.1, 0.15) is 18.1 Å². The summed E-state index contributed by atoms with van der Waals surface area (Å²) in [6.45, 7) is 0.479. The molecule has 0 unspecified atom stereocenters. The number of benzene rings is 2.